The number of rotatable bonds is 2. The second-order valence-corrected chi connectivity index (χ2v) is 4.81. The number of amides is 1. The van der Waals surface area contributed by atoms with E-state index in [2.05, 4.69) is 26.2 Å². The molecule has 0 spiro atoms. The van der Waals surface area contributed by atoms with E-state index in [1.807, 2.05) is 0 Å². The smallest absolute Gasteiger partial charge is 0.259 e. The fourth-order valence-corrected chi connectivity index (χ4v) is 1.74. The van der Waals surface area contributed by atoms with Crippen LogP contribution >= 0.6 is 15.9 Å². The predicted molar refractivity (Wildman–Crippen MR) is 75.4 cm³/mol. The van der Waals surface area contributed by atoms with Crippen LogP contribution in [0.2, 0.25) is 0 Å². The molecule has 0 aliphatic carbocycles. The van der Waals surface area contributed by atoms with Gasteiger partial charge in [0.25, 0.3) is 5.91 Å². The summed E-state index contributed by atoms with van der Waals surface area (Å²) in [4.78, 5) is 16.1. The average molecular weight is 324 g/mol. The van der Waals surface area contributed by atoms with Gasteiger partial charge in [0, 0.05) is 10.2 Å². The summed E-state index contributed by atoms with van der Waals surface area (Å²) in [6.45, 7) is 1.79. The van der Waals surface area contributed by atoms with E-state index in [4.69, 9.17) is 5.73 Å². The highest BCUT2D eigenvalue weighted by Gasteiger charge is 2.13. The number of nitrogens with two attached hydrogens (primary N) is 1. The number of halogens is 2. The van der Waals surface area contributed by atoms with Gasteiger partial charge in [-0.3, -0.25) is 4.79 Å². The minimum Gasteiger partial charge on any atom is -0.399 e. The summed E-state index contributed by atoms with van der Waals surface area (Å²) in [7, 11) is 0. The quantitative estimate of drug-likeness (QED) is 0.834. The summed E-state index contributed by atoms with van der Waals surface area (Å²) < 4.78 is 14.4. The average Bonchev–Trinajstić information content (AvgIpc) is 2.36. The number of anilines is 2. The molecule has 98 valence electrons. The van der Waals surface area contributed by atoms with Crippen molar-refractivity contribution in [2.75, 3.05) is 11.1 Å². The van der Waals surface area contributed by atoms with E-state index in [1.165, 1.54) is 12.1 Å². The Balaban J connectivity index is 2.25. The molecule has 0 aliphatic heterocycles. The van der Waals surface area contributed by atoms with Gasteiger partial charge in [0.2, 0.25) is 0 Å². The Bertz CT molecular complexity index is 646. The molecule has 1 aromatic heterocycles. The van der Waals surface area contributed by atoms with E-state index in [-0.39, 0.29) is 5.56 Å². The highest BCUT2D eigenvalue weighted by Crippen LogP contribution is 2.18. The zero-order valence-electron chi connectivity index (χ0n) is 10.1. The number of pyridine rings is 1. The second-order valence-electron chi connectivity index (χ2n) is 3.96. The maximum atomic E-state index is 13.5. The highest BCUT2D eigenvalue weighted by molar-refractivity contribution is 9.10. The van der Waals surface area contributed by atoms with Crippen LogP contribution in [0.25, 0.3) is 0 Å². The Morgan fingerprint density at radius 1 is 1.37 bits per heavy atom. The van der Waals surface area contributed by atoms with E-state index < -0.39 is 11.7 Å². The van der Waals surface area contributed by atoms with Crippen molar-refractivity contribution in [3.8, 4) is 0 Å². The Labute approximate surface area is 118 Å². The van der Waals surface area contributed by atoms with Crippen molar-refractivity contribution in [1.82, 2.24) is 4.98 Å². The molecule has 19 heavy (non-hydrogen) atoms. The van der Waals surface area contributed by atoms with Gasteiger partial charge in [-0.1, -0.05) is 0 Å². The lowest BCUT2D eigenvalue weighted by Crippen LogP contribution is -2.15. The van der Waals surface area contributed by atoms with Gasteiger partial charge in [-0.15, -0.1) is 0 Å². The van der Waals surface area contributed by atoms with Crippen molar-refractivity contribution in [2.45, 2.75) is 6.92 Å². The molecule has 0 unspecified atom stereocenters. The van der Waals surface area contributed by atoms with E-state index in [9.17, 15) is 9.18 Å². The number of benzene rings is 1. The van der Waals surface area contributed by atoms with Crippen LogP contribution < -0.4 is 11.1 Å². The monoisotopic (exact) mass is 323 g/mol. The molecule has 0 saturated carbocycles. The Kier molecular flexibility index (Phi) is 3.80. The number of aryl methyl sites for hydroxylation is 1. The normalized spacial score (nSPS) is 10.3. The topological polar surface area (TPSA) is 68.0 Å². The second kappa shape index (κ2) is 5.36. The maximum absolute atomic E-state index is 13.5. The van der Waals surface area contributed by atoms with Gasteiger partial charge in [-0.25, -0.2) is 9.37 Å². The van der Waals surface area contributed by atoms with Crippen LogP contribution in [0.1, 0.15) is 16.1 Å². The zero-order valence-corrected chi connectivity index (χ0v) is 11.7. The van der Waals surface area contributed by atoms with Crippen molar-refractivity contribution in [2.24, 2.45) is 0 Å². The van der Waals surface area contributed by atoms with Crippen molar-refractivity contribution in [3.05, 3.63) is 51.9 Å². The Morgan fingerprint density at radius 3 is 2.79 bits per heavy atom. The van der Waals surface area contributed by atoms with Crippen molar-refractivity contribution in [1.29, 1.82) is 0 Å². The molecular formula is C13H11BrFN3O. The molecule has 1 heterocycles. The Morgan fingerprint density at radius 2 is 2.11 bits per heavy atom. The standard InChI is InChI=1S/C13H11BrFN3O/c1-7-10(14)3-5-12(17-7)18-13(19)9-6-8(16)2-4-11(9)15/h2-6H,16H2,1H3,(H,17,18,19). The molecule has 1 amide bonds. The van der Waals surface area contributed by atoms with Crippen LogP contribution in [0.15, 0.2) is 34.8 Å². The predicted octanol–water partition coefficient (Wildman–Crippen LogP) is 3.13. The summed E-state index contributed by atoms with van der Waals surface area (Å²) in [5.74, 6) is -0.855. The minimum absolute atomic E-state index is 0.109. The van der Waals surface area contributed by atoms with Gasteiger partial charge >= 0.3 is 0 Å². The van der Waals surface area contributed by atoms with E-state index in [1.54, 1.807) is 19.1 Å². The lowest BCUT2D eigenvalue weighted by Gasteiger charge is -2.07. The van der Waals surface area contributed by atoms with Gasteiger partial charge in [0.1, 0.15) is 11.6 Å². The first kappa shape index (κ1) is 13.5. The summed E-state index contributed by atoms with van der Waals surface area (Å²) in [5, 5.41) is 2.53. The van der Waals surface area contributed by atoms with E-state index >= 15 is 0 Å². The van der Waals surface area contributed by atoms with Gasteiger partial charge in [-0.05, 0) is 53.2 Å². The van der Waals surface area contributed by atoms with Crippen LogP contribution in [0.5, 0.6) is 0 Å². The van der Waals surface area contributed by atoms with Gasteiger partial charge < -0.3 is 11.1 Å². The summed E-state index contributed by atoms with van der Waals surface area (Å²) in [6.07, 6.45) is 0. The Hall–Kier alpha value is -1.95. The maximum Gasteiger partial charge on any atom is 0.259 e. The first-order chi connectivity index (χ1) is 8.97. The minimum atomic E-state index is -0.625. The SMILES string of the molecule is Cc1nc(NC(=O)c2cc(N)ccc2F)ccc1Br. The van der Waals surface area contributed by atoms with Crippen LogP contribution in [-0.4, -0.2) is 10.9 Å². The van der Waals surface area contributed by atoms with E-state index in [0.29, 0.717) is 11.5 Å². The van der Waals surface area contributed by atoms with Crippen LogP contribution in [0.3, 0.4) is 0 Å². The molecule has 6 heteroatoms. The van der Waals surface area contributed by atoms with Gasteiger partial charge in [0.05, 0.1) is 11.3 Å². The van der Waals surface area contributed by atoms with Gasteiger partial charge in [0.15, 0.2) is 0 Å². The van der Waals surface area contributed by atoms with Crippen LogP contribution in [0.4, 0.5) is 15.9 Å². The lowest BCUT2D eigenvalue weighted by atomic mass is 10.2. The molecule has 4 nitrogen and oxygen atoms in total. The fourth-order valence-electron chi connectivity index (χ4n) is 1.51. The number of aromatic nitrogens is 1. The molecular weight excluding hydrogens is 313 g/mol. The number of carbonyl (C=O) groups excluding carboxylic acids is 1. The zero-order chi connectivity index (χ0) is 14.0. The van der Waals surface area contributed by atoms with Crippen molar-refractivity contribution < 1.29 is 9.18 Å². The molecule has 2 rings (SSSR count). The molecule has 0 fully saturated rings. The third kappa shape index (κ3) is 3.08. The summed E-state index contributed by atoms with van der Waals surface area (Å²) >= 11 is 3.31. The van der Waals surface area contributed by atoms with Crippen LogP contribution in [-0.2, 0) is 0 Å². The first-order valence-corrected chi connectivity index (χ1v) is 6.26. The fraction of sp³-hybridized carbons (Fsp3) is 0.0769. The number of carbonyl (C=O) groups is 1. The molecule has 1 aromatic carbocycles. The molecule has 0 aliphatic rings. The summed E-state index contributed by atoms with van der Waals surface area (Å²) in [5.41, 5.74) is 6.48. The highest BCUT2D eigenvalue weighted by atomic mass is 79.9. The molecule has 3 N–H and O–H groups in total. The van der Waals surface area contributed by atoms with Crippen molar-refractivity contribution >= 4 is 33.3 Å². The molecule has 0 saturated heterocycles. The molecule has 0 atom stereocenters. The third-order valence-corrected chi connectivity index (χ3v) is 3.34. The summed E-state index contributed by atoms with van der Waals surface area (Å²) in [6, 6.07) is 7.22. The van der Waals surface area contributed by atoms with Crippen molar-refractivity contribution in [3.63, 3.8) is 0 Å². The lowest BCUT2D eigenvalue weighted by molar-refractivity contribution is 0.102. The number of nitrogens with one attached hydrogen (secondary N) is 1. The number of nitrogens with zero attached hydrogens (tertiary/aromatic N) is 1. The number of hydrogen-bond donors (Lipinski definition) is 2. The largest absolute Gasteiger partial charge is 0.399 e. The third-order valence-electron chi connectivity index (χ3n) is 2.50. The van der Waals surface area contributed by atoms with Crippen LogP contribution in [0, 0.1) is 12.7 Å². The van der Waals surface area contributed by atoms with Gasteiger partial charge in [-0.2, -0.15) is 0 Å². The first-order valence-electron chi connectivity index (χ1n) is 5.47. The van der Waals surface area contributed by atoms with E-state index in [0.717, 1.165) is 16.2 Å². The molecule has 0 radical (unpaired) electrons. The number of nitrogen functional groups attached to an aromatic ring is 1. The number of hydrogen-bond acceptors (Lipinski definition) is 3. The molecule has 2 aromatic rings. The molecule has 0 bridgehead atoms.